The van der Waals surface area contributed by atoms with Gasteiger partial charge in [0.2, 0.25) is 5.91 Å². The van der Waals surface area contributed by atoms with Gasteiger partial charge in [-0.15, -0.1) is 0 Å². The van der Waals surface area contributed by atoms with Crippen molar-refractivity contribution in [3.63, 3.8) is 0 Å². The number of nitrogens with one attached hydrogen (secondary N) is 2. The van der Waals surface area contributed by atoms with Gasteiger partial charge < -0.3 is 15.4 Å². The molecule has 12 heteroatoms. The number of carbonyl (C=O) groups excluding carboxylic acids is 4. The predicted octanol–water partition coefficient (Wildman–Crippen LogP) is 5.31. The standard InChI is InChI=1S/C26H18ClF2N3O5S/c27-16-11-15(9-10-21(16)37-14-24(34)31-20-8-4-2-6-18(20)29)12-22-25(35)32(26(36)38-22)13-23(33)30-19-7-3-1-5-17(19)28/h1-12H,13-14H2,(H,30,33)(H,31,34)/b22-12-. The van der Waals surface area contributed by atoms with Gasteiger partial charge >= 0.3 is 0 Å². The molecule has 0 saturated carbocycles. The molecular weight excluding hydrogens is 540 g/mol. The third kappa shape index (κ3) is 6.55. The van der Waals surface area contributed by atoms with E-state index in [0.717, 1.165) is 4.90 Å². The molecule has 1 aliphatic heterocycles. The molecule has 0 aromatic heterocycles. The maximum atomic E-state index is 13.7. The van der Waals surface area contributed by atoms with Crippen molar-refractivity contribution in [2.24, 2.45) is 0 Å². The van der Waals surface area contributed by atoms with Crippen LogP contribution in [0.1, 0.15) is 5.56 Å². The summed E-state index contributed by atoms with van der Waals surface area (Å²) in [7, 11) is 0. The van der Waals surface area contributed by atoms with Crippen LogP contribution in [0.5, 0.6) is 5.75 Å². The van der Waals surface area contributed by atoms with E-state index in [-0.39, 0.29) is 27.1 Å². The van der Waals surface area contributed by atoms with Crippen LogP contribution in [0.15, 0.2) is 71.6 Å². The highest BCUT2D eigenvalue weighted by Crippen LogP contribution is 2.34. The van der Waals surface area contributed by atoms with Crippen molar-refractivity contribution in [3.05, 3.63) is 93.9 Å². The molecule has 3 aromatic rings. The molecule has 0 atom stereocenters. The topological polar surface area (TPSA) is 105 Å². The van der Waals surface area contributed by atoms with Crippen LogP contribution in [0.4, 0.5) is 25.0 Å². The van der Waals surface area contributed by atoms with Gasteiger partial charge in [0, 0.05) is 0 Å². The Labute approximate surface area is 224 Å². The molecule has 0 radical (unpaired) electrons. The highest BCUT2D eigenvalue weighted by atomic mass is 35.5. The Morgan fingerprint density at radius 3 is 2.13 bits per heavy atom. The summed E-state index contributed by atoms with van der Waals surface area (Å²) in [6, 6.07) is 15.7. The van der Waals surface area contributed by atoms with Crippen LogP contribution < -0.4 is 15.4 Å². The van der Waals surface area contributed by atoms with Gasteiger partial charge in [0.1, 0.15) is 23.9 Å². The third-order valence-electron chi connectivity index (χ3n) is 5.08. The van der Waals surface area contributed by atoms with Crippen LogP contribution in [0, 0.1) is 11.6 Å². The summed E-state index contributed by atoms with van der Waals surface area (Å²) in [5.74, 6) is -3.08. The molecule has 3 aromatic carbocycles. The second-order valence-corrected chi connectivity index (χ2v) is 9.20. The number of thioether (sulfide) groups is 1. The molecule has 1 heterocycles. The van der Waals surface area contributed by atoms with E-state index in [0.29, 0.717) is 17.3 Å². The molecule has 1 fully saturated rings. The van der Waals surface area contributed by atoms with Crippen LogP contribution in [0.2, 0.25) is 5.02 Å². The number of para-hydroxylation sites is 2. The number of imide groups is 1. The monoisotopic (exact) mass is 557 g/mol. The normalized spacial score (nSPS) is 14.1. The first kappa shape index (κ1) is 26.8. The van der Waals surface area contributed by atoms with Gasteiger partial charge in [-0.3, -0.25) is 24.1 Å². The summed E-state index contributed by atoms with van der Waals surface area (Å²) in [5, 5.41) is 4.18. The van der Waals surface area contributed by atoms with Crippen molar-refractivity contribution in [2.45, 2.75) is 0 Å². The maximum absolute atomic E-state index is 13.7. The molecule has 1 saturated heterocycles. The summed E-state index contributed by atoms with van der Waals surface area (Å²) in [5.41, 5.74) is 0.405. The average Bonchev–Trinajstić information content (AvgIpc) is 3.13. The molecule has 194 valence electrons. The fourth-order valence-electron chi connectivity index (χ4n) is 3.30. The Hall–Kier alpha value is -4.22. The number of rotatable bonds is 8. The molecule has 0 spiro atoms. The lowest BCUT2D eigenvalue weighted by atomic mass is 10.2. The van der Waals surface area contributed by atoms with Gasteiger partial charge in [0.15, 0.2) is 6.61 Å². The molecule has 38 heavy (non-hydrogen) atoms. The third-order valence-corrected chi connectivity index (χ3v) is 6.29. The summed E-state index contributed by atoms with van der Waals surface area (Å²) in [4.78, 5) is 50.2. The van der Waals surface area contributed by atoms with E-state index in [1.54, 1.807) is 12.1 Å². The second-order valence-electron chi connectivity index (χ2n) is 7.80. The Bertz CT molecular complexity index is 1470. The van der Waals surface area contributed by atoms with Gasteiger partial charge in [-0.1, -0.05) is 41.9 Å². The smallest absolute Gasteiger partial charge is 0.294 e. The number of amides is 4. The summed E-state index contributed by atoms with van der Waals surface area (Å²) in [6.45, 7) is -1.01. The fraction of sp³-hybridized carbons (Fsp3) is 0.0769. The Kier molecular flexibility index (Phi) is 8.39. The van der Waals surface area contributed by atoms with Gasteiger partial charge in [-0.05, 0) is 59.8 Å². The number of nitrogens with zero attached hydrogens (tertiary/aromatic N) is 1. The van der Waals surface area contributed by atoms with E-state index < -0.39 is 47.7 Å². The maximum Gasteiger partial charge on any atom is 0.294 e. The van der Waals surface area contributed by atoms with Crippen LogP contribution in [-0.2, 0) is 14.4 Å². The highest BCUT2D eigenvalue weighted by molar-refractivity contribution is 8.18. The second kappa shape index (κ2) is 11.9. The number of ether oxygens (including phenoxy) is 1. The number of halogens is 3. The van der Waals surface area contributed by atoms with Crippen molar-refractivity contribution >= 4 is 63.8 Å². The lowest BCUT2D eigenvalue weighted by molar-refractivity contribution is -0.127. The minimum atomic E-state index is -0.734. The molecule has 0 unspecified atom stereocenters. The molecule has 1 aliphatic rings. The van der Waals surface area contributed by atoms with Gasteiger partial charge in [-0.25, -0.2) is 8.78 Å². The lowest BCUT2D eigenvalue weighted by Gasteiger charge is -2.12. The van der Waals surface area contributed by atoms with Crippen molar-refractivity contribution in [1.29, 1.82) is 0 Å². The molecule has 8 nitrogen and oxygen atoms in total. The van der Waals surface area contributed by atoms with E-state index in [1.165, 1.54) is 60.7 Å². The minimum Gasteiger partial charge on any atom is -0.482 e. The van der Waals surface area contributed by atoms with Crippen molar-refractivity contribution in [3.8, 4) is 5.75 Å². The predicted molar refractivity (Wildman–Crippen MR) is 140 cm³/mol. The van der Waals surface area contributed by atoms with Crippen LogP contribution in [0.25, 0.3) is 6.08 Å². The number of benzene rings is 3. The zero-order valence-corrected chi connectivity index (χ0v) is 20.9. The van der Waals surface area contributed by atoms with E-state index in [2.05, 4.69) is 10.6 Å². The molecule has 0 bridgehead atoms. The quantitative estimate of drug-likeness (QED) is 0.364. The average molecular weight is 558 g/mol. The zero-order valence-electron chi connectivity index (χ0n) is 19.4. The fourth-order valence-corrected chi connectivity index (χ4v) is 4.38. The van der Waals surface area contributed by atoms with E-state index in [4.69, 9.17) is 16.3 Å². The molecule has 4 rings (SSSR count). The Morgan fingerprint density at radius 2 is 1.53 bits per heavy atom. The Balaban J connectivity index is 1.36. The SMILES string of the molecule is O=C(COc1ccc(/C=C2\SC(=O)N(CC(=O)Nc3ccccc3F)C2=O)cc1Cl)Nc1ccccc1F. The van der Waals surface area contributed by atoms with Crippen LogP contribution in [-0.4, -0.2) is 41.0 Å². The van der Waals surface area contributed by atoms with Crippen LogP contribution >= 0.6 is 23.4 Å². The number of anilines is 2. The van der Waals surface area contributed by atoms with E-state index >= 15 is 0 Å². The summed E-state index contributed by atoms with van der Waals surface area (Å²) < 4.78 is 32.8. The van der Waals surface area contributed by atoms with E-state index in [1.807, 2.05) is 0 Å². The lowest BCUT2D eigenvalue weighted by Crippen LogP contribution is -2.36. The molecular formula is C26H18ClF2N3O5S. The van der Waals surface area contributed by atoms with Crippen LogP contribution in [0.3, 0.4) is 0 Å². The van der Waals surface area contributed by atoms with Gasteiger partial charge in [-0.2, -0.15) is 0 Å². The molecule has 0 aliphatic carbocycles. The first-order valence-corrected chi connectivity index (χ1v) is 12.2. The number of hydrogen-bond donors (Lipinski definition) is 2. The van der Waals surface area contributed by atoms with Crippen molar-refractivity contribution in [2.75, 3.05) is 23.8 Å². The van der Waals surface area contributed by atoms with E-state index in [9.17, 15) is 28.0 Å². The number of carbonyl (C=O) groups is 4. The first-order chi connectivity index (χ1) is 18.2. The van der Waals surface area contributed by atoms with Gasteiger partial charge in [0.25, 0.3) is 17.1 Å². The largest absolute Gasteiger partial charge is 0.482 e. The highest BCUT2D eigenvalue weighted by Gasteiger charge is 2.36. The van der Waals surface area contributed by atoms with Crippen molar-refractivity contribution < 1.29 is 32.7 Å². The minimum absolute atomic E-state index is 0.0150. The first-order valence-electron chi connectivity index (χ1n) is 11.0. The molecule has 2 N–H and O–H groups in total. The Morgan fingerprint density at radius 1 is 0.921 bits per heavy atom. The summed E-state index contributed by atoms with van der Waals surface area (Å²) >= 11 is 6.88. The van der Waals surface area contributed by atoms with Gasteiger partial charge in [0.05, 0.1) is 21.3 Å². The summed E-state index contributed by atoms with van der Waals surface area (Å²) in [6.07, 6.45) is 1.42. The zero-order chi connectivity index (χ0) is 27.2. The molecule has 4 amide bonds. The number of hydrogen-bond acceptors (Lipinski definition) is 6. The van der Waals surface area contributed by atoms with Crippen molar-refractivity contribution in [1.82, 2.24) is 4.90 Å².